The SMILES string of the molecule is COc1ccccc1-c1conc1N. The van der Waals surface area contributed by atoms with E-state index in [1.807, 2.05) is 24.3 Å². The van der Waals surface area contributed by atoms with E-state index in [4.69, 9.17) is 15.0 Å². The second-order valence-electron chi connectivity index (χ2n) is 2.81. The van der Waals surface area contributed by atoms with E-state index in [-0.39, 0.29) is 0 Å². The summed E-state index contributed by atoms with van der Waals surface area (Å²) in [7, 11) is 1.61. The maximum absolute atomic E-state index is 5.64. The summed E-state index contributed by atoms with van der Waals surface area (Å²) in [5.41, 5.74) is 7.27. The third-order valence-corrected chi connectivity index (χ3v) is 1.99. The molecule has 0 spiro atoms. The molecule has 0 unspecified atom stereocenters. The van der Waals surface area contributed by atoms with Crippen molar-refractivity contribution < 1.29 is 9.26 Å². The Kier molecular flexibility index (Phi) is 2.10. The number of anilines is 1. The average Bonchev–Trinajstić information content (AvgIpc) is 2.64. The van der Waals surface area contributed by atoms with Gasteiger partial charge in [-0.3, -0.25) is 0 Å². The Labute approximate surface area is 81.3 Å². The average molecular weight is 190 g/mol. The Morgan fingerprint density at radius 1 is 1.29 bits per heavy atom. The lowest BCUT2D eigenvalue weighted by molar-refractivity contribution is 0.415. The van der Waals surface area contributed by atoms with Gasteiger partial charge in [-0.2, -0.15) is 0 Å². The molecule has 0 atom stereocenters. The second kappa shape index (κ2) is 3.41. The third-order valence-electron chi connectivity index (χ3n) is 1.99. The van der Waals surface area contributed by atoms with Gasteiger partial charge in [0, 0.05) is 5.56 Å². The molecule has 1 aromatic heterocycles. The molecule has 1 aromatic carbocycles. The second-order valence-corrected chi connectivity index (χ2v) is 2.81. The summed E-state index contributed by atoms with van der Waals surface area (Å²) < 4.78 is 9.97. The van der Waals surface area contributed by atoms with Crippen LogP contribution in [0.15, 0.2) is 35.1 Å². The van der Waals surface area contributed by atoms with Crippen molar-refractivity contribution >= 4 is 5.82 Å². The van der Waals surface area contributed by atoms with E-state index in [2.05, 4.69) is 5.16 Å². The minimum Gasteiger partial charge on any atom is -0.496 e. The number of methoxy groups -OCH3 is 1. The summed E-state index contributed by atoms with van der Waals surface area (Å²) in [5, 5.41) is 3.62. The summed E-state index contributed by atoms with van der Waals surface area (Å²) in [5.74, 6) is 1.12. The van der Waals surface area contributed by atoms with Crippen molar-refractivity contribution in [1.82, 2.24) is 5.16 Å². The fraction of sp³-hybridized carbons (Fsp3) is 0.100. The topological polar surface area (TPSA) is 61.3 Å². The van der Waals surface area contributed by atoms with E-state index in [1.165, 1.54) is 6.26 Å². The van der Waals surface area contributed by atoms with Gasteiger partial charge in [-0.05, 0) is 6.07 Å². The molecule has 0 amide bonds. The lowest BCUT2D eigenvalue weighted by Crippen LogP contribution is -1.90. The molecule has 2 N–H and O–H groups in total. The molecule has 0 radical (unpaired) electrons. The van der Waals surface area contributed by atoms with Crippen LogP contribution in [0.25, 0.3) is 11.1 Å². The number of nitrogens with two attached hydrogens (primary N) is 1. The van der Waals surface area contributed by atoms with E-state index in [0.29, 0.717) is 5.82 Å². The summed E-state index contributed by atoms with van der Waals surface area (Å²) >= 11 is 0. The molecular weight excluding hydrogens is 180 g/mol. The monoisotopic (exact) mass is 190 g/mol. The standard InChI is InChI=1S/C10H10N2O2/c1-13-9-5-3-2-4-7(9)8-6-14-12-10(8)11/h2-6H,1H3,(H2,11,12). The molecule has 0 fully saturated rings. The smallest absolute Gasteiger partial charge is 0.174 e. The molecular formula is C10H10N2O2. The van der Waals surface area contributed by atoms with Crippen molar-refractivity contribution in [1.29, 1.82) is 0 Å². The van der Waals surface area contributed by atoms with Gasteiger partial charge in [0.1, 0.15) is 12.0 Å². The lowest BCUT2D eigenvalue weighted by Gasteiger charge is -2.05. The van der Waals surface area contributed by atoms with Gasteiger partial charge in [0.15, 0.2) is 5.82 Å². The largest absolute Gasteiger partial charge is 0.496 e. The fourth-order valence-corrected chi connectivity index (χ4v) is 1.31. The fourth-order valence-electron chi connectivity index (χ4n) is 1.31. The van der Waals surface area contributed by atoms with Crippen LogP contribution < -0.4 is 10.5 Å². The number of hydrogen-bond acceptors (Lipinski definition) is 4. The highest BCUT2D eigenvalue weighted by Crippen LogP contribution is 2.32. The van der Waals surface area contributed by atoms with Crippen molar-refractivity contribution in [3.05, 3.63) is 30.5 Å². The van der Waals surface area contributed by atoms with Crippen molar-refractivity contribution in [2.24, 2.45) is 0 Å². The number of benzene rings is 1. The first-order valence-corrected chi connectivity index (χ1v) is 4.16. The molecule has 0 aliphatic carbocycles. The predicted octanol–water partition coefficient (Wildman–Crippen LogP) is 1.93. The van der Waals surface area contributed by atoms with Gasteiger partial charge in [-0.1, -0.05) is 23.4 Å². The molecule has 2 rings (SSSR count). The van der Waals surface area contributed by atoms with E-state index in [0.717, 1.165) is 16.9 Å². The van der Waals surface area contributed by atoms with Gasteiger partial charge in [0.05, 0.1) is 12.7 Å². The van der Waals surface area contributed by atoms with Crippen LogP contribution in [-0.4, -0.2) is 12.3 Å². The highest BCUT2D eigenvalue weighted by atomic mass is 16.5. The molecule has 72 valence electrons. The van der Waals surface area contributed by atoms with Gasteiger partial charge < -0.3 is 15.0 Å². The third kappa shape index (κ3) is 1.31. The first kappa shape index (κ1) is 8.62. The zero-order valence-electron chi connectivity index (χ0n) is 7.73. The number of ether oxygens (including phenoxy) is 1. The summed E-state index contributed by atoms with van der Waals surface area (Å²) in [6.45, 7) is 0. The first-order chi connectivity index (χ1) is 6.83. The molecule has 4 nitrogen and oxygen atoms in total. The Bertz CT molecular complexity index is 437. The highest BCUT2D eigenvalue weighted by Gasteiger charge is 2.10. The quantitative estimate of drug-likeness (QED) is 0.786. The highest BCUT2D eigenvalue weighted by molar-refractivity contribution is 5.77. The van der Waals surface area contributed by atoms with Gasteiger partial charge in [-0.15, -0.1) is 0 Å². The Morgan fingerprint density at radius 2 is 2.07 bits per heavy atom. The minimum atomic E-state index is 0.370. The van der Waals surface area contributed by atoms with Crippen LogP contribution in [0.1, 0.15) is 0 Å². The molecule has 0 bridgehead atoms. The van der Waals surface area contributed by atoms with Gasteiger partial charge in [-0.25, -0.2) is 0 Å². The van der Waals surface area contributed by atoms with E-state index in [1.54, 1.807) is 7.11 Å². The Balaban J connectivity index is 2.56. The zero-order valence-corrected chi connectivity index (χ0v) is 7.73. The van der Waals surface area contributed by atoms with Crippen LogP contribution in [-0.2, 0) is 0 Å². The van der Waals surface area contributed by atoms with E-state index in [9.17, 15) is 0 Å². The maximum atomic E-state index is 5.64. The van der Waals surface area contributed by atoms with Crippen LogP contribution in [0.2, 0.25) is 0 Å². The number of rotatable bonds is 2. The number of nitrogens with zero attached hydrogens (tertiary/aromatic N) is 1. The summed E-state index contributed by atoms with van der Waals surface area (Å²) in [4.78, 5) is 0. The van der Waals surface area contributed by atoms with E-state index < -0.39 is 0 Å². The van der Waals surface area contributed by atoms with Crippen LogP contribution in [0.3, 0.4) is 0 Å². The Morgan fingerprint density at radius 3 is 2.71 bits per heavy atom. The van der Waals surface area contributed by atoms with Gasteiger partial charge in [0.2, 0.25) is 0 Å². The number of aromatic nitrogens is 1. The summed E-state index contributed by atoms with van der Waals surface area (Å²) in [6.07, 6.45) is 1.51. The normalized spacial score (nSPS) is 10.1. The van der Waals surface area contributed by atoms with E-state index >= 15 is 0 Å². The van der Waals surface area contributed by atoms with Crippen LogP contribution in [0.4, 0.5) is 5.82 Å². The number of para-hydroxylation sites is 1. The molecule has 2 aromatic rings. The molecule has 0 saturated heterocycles. The van der Waals surface area contributed by atoms with Crippen molar-refractivity contribution in [2.75, 3.05) is 12.8 Å². The first-order valence-electron chi connectivity index (χ1n) is 4.16. The van der Waals surface area contributed by atoms with Crippen molar-refractivity contribution in [2.45, 2.75) is 0 Å². The molecule has 1 heterocycles. The molecule has 0 saturated carbocycles. The van der Waals surface area contributed by atoms with Crippen molar-refractivity contribution in [3.63, 3.8) is 0 Å². The Hall–Kier alpha value is -1.97. The van der Waals surface area contributed by atoms with Crippen molar-refractivity contribution in [3.8, 4) is 16.9 Å². The summed E-state index contributed by atoms with van der Waals surface area (Å²) in [6, 6.07) is 7.57. The van der Waals surface area contributed by atoms with Crippen LogP contribution in [0, 0.1) is 0 Å². The zero-order chi connectivity index (χ0) is 9.97. The predicted molar refractivity (Wildman–Crippen MR) is 52.9 cm³/mol. The lowest BCUT2D eigenvalue weighted by atomic mass is 10.1. The number of hydrogen-bond donors (Lipinski definition) is 1. The molecule has 0 aliphatic heterocycles. The minimum absolute atomic E-state index is 0.370. The molecule has 0 aliphatic rings. The molecule has 14 heavy (non-hydrogen) atoms. The molecule has 4 heteroatoms. The maximum Gasteiger partial charge on any atom is 0.174 e. The van der Waals surface area contributed by atoms with Crippen LogP contribution in [0.5, 0.6) is 5.75 Å². The van der Waals surface area contributed by atoms with Gasteiger partial charge in [0.25, 0.3) is 0 Å². The van der Waals surface area contributed by atoms with Crippen LogP contribution >= 0.6 is 0 Å². The van der Waals surface area contributed by atoms with Gasteiger partial charge >= 0.3 is 0 Å². The number of nitrogen functional groups attached to an aromatic ring is 1.